The summed E-state index contributed by atoms with van der Waals surface area (Å²) in [7, 11) is 0. The average Bonchev–Trinajstić information content (AvgIpc) is 2.72. The molecule has 0 aliphatic rings. The van der Waals surface area contributed by atoms with E-state index in [-0.39, 0.29) is 5.75 Å². The quantitative estimate of drug-likeness (QED) is 0.214. The highest BCUT2D eigenvalue weighted by Gasteiger charge is 2.04. The second-order valence-electron chi connectivity index (χ2n) is 8.34. The van der Waals surface area contributed by atoms with Crippen LogP contribution in [0.3, 0.4) is 0 Å². The van der Waals surface area contributed by atoms with Gasteiger partial charge in [0, 0.05) is 12.6 Å². The van der Waals surface area contributed by atoms with Gasteiger partial charge in [0.25, 0.3) is 0 Å². The van der Waals surface area contributed by atoms with Gasteiger partial charge in [0.05, 0.1) is 12.3 Å². The summed E-state index contributed by atoms with van der Waals surface area (Å²) < 4.78 is 5.60. The van der Waals surface area contributed by atoms with Gasteiger partial charge < -0.3 is 15.2 Å². The Morgan fingerprint density at radius 2 is 1.17 bits per heavy atom. The van der Waals surface area contributed by atoms with Crippen LogP contribution in [0.2, 0.25) is 0 Å². The molecule has 1 aromatic rings. The molecule has 0 heterocycles. The highest BCUT2D eigenvalue weighted by molar-refractivity contribution is 5.59. The molecule has 0 spiro atoms. The van der Waals surface area contributed by atoms with Gasteiger partial charge in [-0.1, -0.05) is 103 Å². The molecule has 0 amide bonds. The number of benzene rings is 1. The van der Waals surface area contributed by atoms with Crippen LogP contribution in [0.1, 0.15) is 117 Å². The van der Waals surface area contributed by atoms with E-state index >= 15 is 0 Å². The first kappa shape index (κ1) is 25.7. The fourth-order valence-corrected chi connectivity index (χ4v) is 3.83. The number of rotatable bonds is 20. The maximum absolute atomic E-state index is 9.65. The Bertz CT molecular complexity index is 490. The third-order valence-electron chi connectivity index (χ3n) is 5.61. The van der Waals surface area contributed by atoms with Gasteiger partial charge in [0.2, 0.25) is 0 Å². The Kier molecular flexibility index (Phi) is 16.5. The molecule has 0 saturated heterocycles. The van der Waals surface area contributed by atoms with Crippen LogP contribution in [0.4, 0.5) is 5.69 Å². The molecule has 1 aromatic carbocycles. The van der Waals surface area contributed by atoms with E-state index in [1.165, 1.54) is 103 Å². The van der Waals surface area contributed by atoms with Gasteiger partial charge in [-0.05, 0) is 25.5 Å². The van der Waals surface area contributed by atoms with Gasteiger partial charge >= 0.3 is 0 Å². The lowest BCUT2D eigenvalue weighted by Gasteiger charge is -2.12. The van der Waals surface area contributed by atoms with Crippen molar-refractivity contribution >= 4 is 5.69 Å². The molecule has 3 heteroatoms. The number of nitrogens with one attached hydrogen (secondary N) is 1. The fourth-order valence-electron chi connectivity index (χ4n) is 3.83. The van der Waals surface area contributed by atoms with E-state index in [0.717, 1.165) is 18.0 Å². The van der Waals surface area contributed by atoms with Crippen molar-refractivity contribution in [3.63, 3.8) is 0 Å². The van der Waals surface area contributed by atoms with Crippen LogP contribution in [-0.4, -0.2) is 18.3 Å². The molecule has 29 heavy (non-hydrogen) atoms. The maximum Gasteiger partial charge on any atom is 0.142 e. The van der Waals surface area contributed by atoms with Crippen LogP contribution in [0.15, 0.2) is 18.2 Å². The third-order valence-corrected chi connectivity index (χ3v) is 5.61. The normalized spacial score (nSPS) is 11.0. The topological polar surface area (TPSA) is 41.5 Å². The lowest BCUT2D eigenvalue weighted by atomic mass is 10.0. The number of hydrogen-bond donors (Lipinski definition) is 2. The highest BCUT2D eigenvalue weighted by Crippen LogP contribution is 2.28. The highest BCUT2D eigenvalue weighted by atomic mass is 16.5. The molecule has 3 nitrogen and oxygen atoms in total. The lowest BCUT2D eigenvalue weighted by Crippen LogP contribution is -2.04. The fraction of sp³-hybridized carbons (Fsp3) is 0.769. The Balaban J connectivity index is 1.87. The average molecular weight is 406 g/mol. The summed E-state index contributed by atoms with van der Waals surface area (Å²) in [5.41, 5.74) is 0.896. The van der Waals surface area contributed by atoms with Crippen molar-refractivity contribution in [2.45, 2.75) is 117 Å². The second kappa shape index (κ2) is 18.6. The number of phenols is 1. The number of hydrogen-bond acceptors (Lipinski definition) is 3. The van der Waals surface area contributed by atoms with Crippen molar-refractivity contribution in [1.82, 2.24) is 0 Å². The van der Waals surface area contributed by atoms with E-state index in [0.29, 0.717) is 6.61 Å². The monoisotopic (exact) mass is 405 g/mol. The minimum absolute atomic E-state index is 0.280. The van der Waals surface area contributed by atoms with Gasteiger partial charge in [-0.25, -0.2) is 0 Å². The number of aromatic hydroxyl groups is 1. The molecule has 168 valence electrons. The predicted molar refractivity (Wildman–Crippen MR) is 127 cm³/mol. The third kappa shape index (κ3) is 14.3. The van der Waals surface area contributed by atoms with Crippen LogP contribution in [-0.2, 0) is 0 Å². The minimum atomic E-state index is 0.280. The zero-order valence-corrected chi connectivity index (χ0v) is 19.3. The minimum Gasteiger partial charge on any atom is -0.508 e. The summed E-state index contributed by atoms with van der Waals surface area (Å²) in [5, 5.41) is 13.1. The molecule has 0 bridgehead atoms. The number of anilines is 1. The van der Waals surface area contributed by atoms with Gasteiger partial charge in [-0.15, -0.1) is 0 Å². The lowest BCUT2D eigenvalue weighted by molar-refractivity contribution is 0.341. The van der Waals surface area contributed by atoms with Crippen molar-refractivity contribution in [2.24, 2.45) is 0 Å². The predicted octanol–water partition coefficient (Wildman–Crippen LogP) is 8.46. The molecule has 0 unspecified atom stereocenters. The van der Waals surface area contributed by atoms with E-state index in [1.54, 1.807) is 12.1 Å². The molecule has 0 aliphatic carbocycles. The van der Waals surface area contributed by atoms with E-state index < -0.39 is 0 Å². The zero-order chi connectivity index (χ0) is 21.0. The summed E-state index contributed by atoms with van der Waals surface area (Å²) >= 11 is 0. The Hall–Kier alpha value is -1.38. The van der Waals surface area contributed by atoms with Crippen LogP contribution in [0, 0.1) is 0 Å². The first-order chi connectivity index (χ1) is 14.3. The molecule has 0 saturated carbocycles. The van der Waals surface area contributed by atoms with Crippen LogP contribution >= 0.6 is 0 Å². The van der Waals surface area contributed by atoms with Crippen molar-refractivity contribution < 1.29 is 9.84 Å². The summed E-state index contributed by atoms with van der Waals surface area (Å²) in [5.74, 6) is 1.10. The summed E-state index contributed by atoms with van der Waals surface area (Å²) in [4.78, 5) is 0. The van der Waals surface area contributed by atoms with Crippen molar-refractivity contribution in [2.75, 3.05) is 18.5 Å². The standard InChI is InChI=1S/C26H47NO2/c1-3-5-6-7-8-9-10-11-12-13-14-15-16-17-18-19-22-27-25-23-24(28)20-21-26(25)29-4-2/h20-21,23,27-28H,3-19,22H2,1-2H3. The van der Waals surface area contributed by atoms with E-state index in [9.17, 15) is 5.11 Å². The van der Waals surface area contributed by atoms with Crippen LogP contribution < -0.4 is 10.1 Å². The van der Waals surface area contributed by atoms with Crippen molar-refractivity contribution in [1.29, 1.82) is 0 Å². The van der Waals surface area contributed by atoms with E-state index in [4.69, 9.17) is 4.74 Å². The molecule has 0 aromatic heterocycles. The van der Waals surface area contributed by atoms with Gasteiger partial charge in [-0.3, -0.25) is 0 Å². The number of ether oxygens (including phenoxy) is 1. The SMILES string of the molecule is CCCCCCCCCCCCCCCCCCNc1cc(O)ccc1OCC. The molecular weight excluding hydrogens is 358 g/mol. The molecule has 2 N–H and O–H groups in total. The number of unbranched alkanes of at least 4 members (excludes halogenated alkanes) is 15. The summed E-state index contributed by atoms with van der Waals surface area (Å²) in [6.45, 7) is 5.83. The van der Waals surface area contributed by atoms with Gasteiger partial charge in [0.1, 0.15) is 11.5 Å². The van der Waals surface area contributed by atoms with Crippen LogP contribution in [0.5, 0.6) is 11.5 Å². The zero-order valence-electron chi connectivity index (χ0n) is 19.3. The summed E-state index contributed by atoms with van der Waals surface area (Å²) in [6.07, 6.45) is 22.3. The Morgan fingerprint density at radius 3 is 1.66 bits per heavy atom. The second-order valence-corrected chi connectivity index (χ2v) is 8.34. The van der Waals surface area contributed by atoms with E-state index in [2.05, 4.69) is 12.2 Å². The Morgan fingerprint density at radius 1 is 0.690 bits per heavy atom. The summed E-state index contributed by atoms with van der Waals surface area (Å²) in [6, 6.07) is 5.25. The van der Waals surface area contributed by atoms with Gasteiger partial charge in [0.15, 0.2) is 0 Å². The largest absolute Gasteiger partial charge is 0.508 e. The first-order valence-corrected chi connectivity index (χ1v) is 12.5. The van der Waals surface area contributed by atoms with Crippen molar-refractivity contribution in [3.8, 4) is 11.5 Å². The Labute approximate surface area is 180 Å². The molecule has 0 atom stereocenters. The molecule has 0 aliphatic heterocycles. The first-order valence-electron chi connectivity index (χ1n) is 12.5. The van der Waals surface area contributed by atoms with Gasteiger partial charge in [-0.2, -0.15) is 0 Å². The molecule has 0 fully saturated rings. The van der Waals surface area contributed by atoms with Crippen LogP contribution in [0.25, 0.3) is 0 Å². The number of phenolic OH excluding ortho intramolecular Hbond substituents is 1. The molecule has 0 radical (unpaired) electrons. The molecular formula is C26H47NO2. The van der Waals surface area contributed by atoms with E-state index in [1.807, 2.05) is 13.0 Å². The molecule has 1 rings (SSSR count). The maximum atomic E-state index is 9.65. The smallest absolute Gasteiger partial charge is 0.142 e. The van der Waals surface area contributed by atoms with Crippen molar-refractivity contribution in [3.05, 3.63) is 18.2 Å².